The number of sulfonamides is 1. The fourth-order valence-electron chi connectivity index (χ4n) is 3.17. The quantitative estimate of drug-likeness (QED) is 0.683. The topological polar surface area (TPSA) is 92.7 Å². The molecule has 0 aliphatic heterocycles. The molecule has 3 aromatic rings. The summed E-state index contributed by atoms with van der Waals surface area (Å²) in [7, 11) is -4.02. The zero-order valence-corrected chi connectivity index (χ0v) is 17.4. The van der Waals surface area contributed by atoms with Crippen molar-refractivity contribution < 1.29 is 18.0 Å². The van der Waals surface area contributed by atoms with Crippen molar-refractivity contribution in [2.75, 3.05) is 0 Å². The van der Waals surface area contributed by atoms with E-state index in [-0.39, 0.29) is 21.9 Å². The fourth-order valence-corrected chi connectivity index (χ4v) is 4.17. The van der Waals surface area contributed by atoms with E-state index in [9.17, 15) is 18.0 Å². The monoisotopic (exact) mass is 430 g/mol. The number of allylic oxidation sites excluding steroid dienone is 2. The molecule has 0 atom stereocenters. The van der Waals surface area contributed by atoms with Crippen LogP contribution in [0.4, 0.5) is 0 Å². The van der Waals surface area contributed by atoms with E-state index in [1.165, 1.54) is 18.2 Å². The van der Waals surface area contributed by atoms with Crippen LogP contribution >= 0.6 is 0 Å². The Morgan fingerprint density at radius 2 is 1.45 bits per heavy atom. The molecule has 154 valence electrons. The first-order chi connectivity index (χ1) is 14.8. The zero-order chi connectivity index (χ0) is 22.0. The van der Waals surface area contributed by atoms with Gasteiger partial charge in [-0.3, -0.25) is 9.59 Å². The predicted molar refractivity (Wildman–Crippen MR) is 118 cm³/mol. The normalized spacial score (nSPS) is 14.7. The van der Waals surface area contributed by atoms with E-state index >= 15 is 0 Å². The Morgan fingerprint density at radius 3 is 2.13 bits per heavy atom. The average molecular weight is 430 g/mol. The van der Waals surface area contributed by atoms with E-state index in [0.29, 0.717) is 11.1 Å². The highest BCUT2D eigenvalue weighted by molar-refractivity contribution is 7.90. The molecule has 0 heterocycles. The Morgan fingerprint density at radius 1 is 0.839 bits per heavy atom. The Hall–Kier alpha value is -3.84. The van der Waals surface area contributed by atoms with Crippen molar-refractivity contribution in [3.63, 3.8) is 0 Å². The summed E-state index contributed by atoms with van der Waals surface area (Å²) in [6.07, 6.45) is 1.30. The van der Waals surface area contributed by atoms with E-state index in [2.05, 4.69) is 9.71 Å². The highest BCUT2D eigenvalue weighted by Gasteiger charge is 2.27. The second-order valence-electron chi connectivity index (χ2n) is 7.02. The van der Waals surface area contributed by atoms with Gasteiger partial charge in [0.2, 0.25) is 5.78 Å². The lowest BCUT2D eigenvalue weighted by atomic mass is 9.92. The molecule has 4 rings (SSSR count). The van der Waals surface area contributed by atoms with Gasteiger partial charge in [-0.2, -0.15) is 12.8 Å². The van der Waals surface area contributed by atoms with Gasteiger partial charge in [0.1, 0.15) is 0 Å². The number of nitrogens with one attached hydrogen (secondary N) is 1. The fraction of sp³-hybridized carbons (Fsp3) is 0.0417. The molecule has 1 aliphatic carbocycles. The smallest absolute Gasteiger partial charge is 0.282 e. The van der Waals surface area contributed by atoms with Crippen LogP contribution in [0, 0.1) is 6.92 Å². The molecule has 3 aromatic carbocycles. The molecule has 1 N–H and O–H groups in total. The Balaban J connectivity index is 1.77. The summed E-state index contributed by atoms with van der Waals surface area (Å²) in [4.78, 5) is 25.5. The standard InChI is InChI=1S/C24H18N2O4S/c1-16-11-13-18(14-12-16)31(29,30)26-21-15-22(23(27)20-10-6-5-9-19(20)21)25-24(28)17-7-3-2-4-8-17/h2-15H,1H3,(H,25,28)/b26-21+. The van der Waals surface area contributed by atoms with Crippen molar-refractivity contribution in [3.05, 3.63) is 113 Å². The number of hydrogen-bond donors (Lipinski definition) is 1. The van der Waals surface area contributed by atoms with Crippen molar-refractivity contribution in [1.82, 2.24) is 5.32 Å². The molecular formula is C24H18N2O4S. The molecule has 0 unspecified atom stereocenters. The number of rotatable bonds is 4. The molecule has 1 amide bonds. The molecule has 0 saturated heterocycles. The summed E-state index contributed by atoms with van der Waals surface area (Å²) >= 11 is 0. The van der Waals surface area contributed by atoms with Crippen LogP contribution in [-0.2, 0) is 10.0 Å². The largest absolute Gasteiger partial charge is 0.319 e. The molecule has 0 radical (unpaired) electrons. The zero-order valence-electron chi connectivity index (χ0n) is 16.6. The minimum atomic E-state index is -4.02. The SMILES string of the molecule is Cc1ccc(S(=O)(=O)/N=C2\C=C(NC(=O)c3ccccc3)C(=O)c3ccccc32)cc1. The van der Waals surface area contributed by atoms with Crippen LogP contribution in [0.2, 0.25) is 0 Å². The van der Waals surface area contributed by atoms with Crippen molar-refractivity contribution in [2.24, 2.45) is 4.40 Å². The van der Waals surface area contributed by atoms with Crippen molar-refractivity contribution in [1.29, 1.82) is 0 Å². The van der Waals surface area contributed by atoms with E-state index in [4.69, 9.17) is 0 Å². The number of aryl methyl sites for hydroxylation is 1. The Kier molecular flexibility index (Phi) is 5.35. The second-order valence-corrected chi connectivity index (χ2v) is 8.62. The van der Waals surface area contributed by atoms with Crippen LogP contribution in [0.25, 0.3) is 0 Å². The molecule has 7 heteroatoms. The number of amides is 1. The first-order valence-electron chi connectivity index (χ1n) is 9.49. The highest BCUT2D eigenvalue weighted by atomic mass is 32.2. The third kappa shape index (κ3) is 4.22. The summed E-state index contributed by atoms with van der Waals surface area (Å²) in [5.41, 5.74) is 2.00. The maximum Gasteiger partial charge on any atom is 0.282 e. The summed E-state index contributed by atoms with van der Waals surface area (Å²) < 4.78 is 29.7. The van der Waals surface area contributed by atoms with Gasteiger partial charge in [0, 0.05) is 16.7 Å². The minimum absolute atomic E-state index is 0.0367. The number of hydrogen-bond acceptors (Lipinski definition) is 4. The van der Waals surface area contributed by atoms with Gasteiger partial charge in [-0.1, -0.05) is 60.2 Å². The lowest BCUT2D eigenvalue weighted by Crippen LogP contribution is -2.31. The molecule has 0 saturated carbocycles. The molecule has 6 nitrogen and oxygen atoms in total. The van der Waals surface area contributed by atoms with E-state index in [1.54, 1.807) is 66.7 Å². The predicted octanol–water partition coefficient (Wildman–Crippen LogP) is 3.68. The van der Waals surface area contributed by atoms with Crippen LogP contribution in [-0.4, -0.2) is 25.8 Å². The van der Waals surface area contributed by atoms with Gasteiger partial charge in [0.05, 0.1) is 16.3 Å². The van der Waals surface area contributed by atoms with E-state index in [1.807, 2.05) is 6.92 Å². The summed E-state index contributed by atoms with van der Waals surface area (Å²) in [5, 5.41) is 2.59. The van der Waals surface area contributed by atoms with Gasteiger partial charge >= 0.3 is 0 Å². The number of benzene rings is 3. The van der Waals surface area contributed by atoms with E-state index in [0.717, 1.165) is 5.56 Å². The van der Waals surface area contributed by atoms with Gasteiger partial charge in [0.25, 0.3) is 15.9 Å². The first kappa shape index (κ1) is 20.4. The second kappa shape index (κ2) is 8.12. The molecule has 1 aliphatic rings. The lowest BCUT2D eigenvalue weighted by Gasteiger charge is -2.18. The number of fused-ring (bicyclic) bond motifs is 1. The number of ketones is 1. The van der Waals surface area contributed by atoms with Gasteiger partial charge in [0.15, 0.2) is 0 Å². The maximum atomic E-state index is 12.9. The van der Waals surface area contributed by atoms with Crippen LogP contribution in [0.5, 0.6) is 0 Å². The Bertz CT molecular complexity index is 1340. The Labute approximate surface area is 180 Å². The van der Waals surface area contributed by atoms with Gasteiger partial charge < -0.3 is 5.32 Å². The summed E-state index contributed by atoms with van der Waals surface area (Å²) in [5.74, 6) is -0.883. The van der Waals surface area contributed by atoms with Crippen LogP contribution in [0.1, 0.15) is 31.8 Å². The molecular weight excluding hydrogens is 412 g/mol. The van der Waals surface area contributed by atoms with Gasteiger partial charge in [-0.05, 0) is 37.3 Å². The van der Waals surface area contributed by atoms with Gasteiger partial charge in [-0.15, -0.1) is 0 Å². The van der Waals surface area contributed by atoms with Crippen molar-refractivity contribution in [2.45, 2.75) is 11.8 Å². The van der Waals surface area contributed by atoms with Crippen LogP contribution in [0.15, 0.2) is 99.9 Å². The van der Waals surface area contributed by atoms with Crippen molar-refractivity contribution in [3.8, 4) is 0 Å². The van der Waals surface area contributed by atoms with Gasteiger partial charge in [-0.25, -0.2) is 0 Å². The maximum absolute atomic E-state index is 12.9. The molecule has 0 fully saturated rings. The van der Waals surface area contributed by atoms with Crippen LogP contribution in [0.3, 0.4) is 0 Å². The number of carbonyl (C=O) groups excluding carboxylic acids is 2. The minimum Gasteiger partial charge on any atom is -0.319 e. The average Bonchev–Trinajstić information content (AvgIpc) is 2.77. The molecule has 31 heavy (non-hydrogen) atoms. The van der Waals surface area contributed by atoms with Crippen molar-refractivity contribution >= 4 is 27.4 Å². The molecule has 0 aromatic heterocycles. The number of Topliss-reactive ketones (excluding diaryl/α,β-unsaturated/α-hetero) is 1. The third-order valence-corrected chi connectivity index (χ3v) is 6.10. The number of nitrogens with zero attached hydrogens (tertiary/aromatic N) is 1. The molecule has 0 bridgehead atoms. The molecule has 0 spiro atoms. The first-order valence-corrected chi connectivity index (χ1v) is 10.9. The lowest BCUT2D eigenvalue weighted by molar-refractivity contribution is 0.0933. The third-order valence-electron chi connectivity index (χ3n) is 4.79. The number of carbonyl (C=O) groups is 2. The summed E-state index contributed by atoms with van der Waals surface area (Å²) in [6.45, 7) is 1.86. The highest BCUT2D eigenvalue weighted by Crippen LogP contribution is 2.23. The van der Waals surface area contributed by atoms with E-state index < -0.39 is 21.7 Å². The van der Waals surface area contributed by atoms with Crippen LogP contribution < -0.4 is 5.32 Å². The summed E-state index contributed by atoms with van der Waals surface area (Å²) in [6, 6.07) is 21.3.